The fourth-order valence-electron chi connectivity index (χ4n) is 2.83. The Labute approximate surface area is 139 Å². The van der Waals surface area contributed by atoms with Crippen LogP contribution >= 0.6 is 23.8 Å². The van der Waals surface area contributed by atoms with Crippen LogP contribution < -0.4 is 10.6 Å². The number of fused-ring (bicyclic) bond motifs is 1. The van der Waals surface area contributed by atoms with Crippen molar-refractivity contribution < 1.29 is 4.79 Å². The summed E-state index contributed by atoms with van der Waals surface area (Å²) < 4.78 is 0. The summed E-state index contributed by atoms with van der Waals surface area (Å²) in [7, 11) is 1.84. The van der Waals surface area contributed by atoms with Crippen LogP contribution in [-0.2, 0) is 10.5 Å². The summed E-state index contributed by atoms with van der Waals surface area (Å²) in [6, 6.07) is 15.2. The number of anilines is 1. The van der Waals surface area contributed by atoms with Crippen LogP contribution in [0.5, 0.6) is 0 Å². The van der Waals surface area contributed by atoms with Crippen LogP contribution in [0.4, 0.5) is 5.69 Å². The molecule has 6 heteroatoms. The van der Waals surface area contributed by atoms with Crippen molar-refractivity contribution in [1.82, 2.24) is 10.2 Å². The van der Waals surface area contributed by atoms with E-state index in [1.165, 1.54) is 0 Å². The lowest BCUT2D eigenvalue weighted by Gasteiger charge is -2.47. The van der Waals surface area contributed by atoms with Crippen molar-refractivity contribution in [2.24, 2.45) is 0 Å². The van der Waals surface area contributed by atoms with Crippen LogP contribution in [-0.4, -0.2) is 23.5 Å². The Bertz CT molecular complexity index is 737. The van der Waals surface area contributed by atoms with Gasteiger partial charge in [-0.25, -0.2) is 0 Å². The van der Waals surface area contributed by atoms with E-state index in [4.69, 9.17) is 23.8 Å². The van der Waals surface area contributed by atoms with Crippen molar-refractivity contribution in [3.8, 4) is 0 Å². The molecule has 2 aromatic rings. The molecule has 1 atom stereocenters. The van der Waals surface area contributed by atoms with E-state index in [0.717, 1.165) is 16.8 Å². The Hall–Kier alpha value is -2.11. The average molecular weight is 332 g/mol. The lowest BCUT2D eigenvalue weighted by Crippen LogP contribution is -2.60. The van der Waals surface area contributed by atoms with Gasteiger partial charge in [0, 0.05) is 28.9 Å². The Morgan fingerprint density at radius 1 is 1.27 bits per heavy atom. The highest BCUT2D eigenvalue weighted by Gasteiger charge is 2.44. The minimum absolute atomic E-state index is 0.521. The number of hydrogen-bond acceptors (Lipinski definition) is 2. The summed E-state index contributed by atoms with van der Waals surface area (Å²) in [6.07, 6.45) is 0.683. The summed E-state index contributed by atoms with van der Waals surface area (Å²) in [5.74, 6) is 0. The zero-order valence-corrected chi connectivity index (χ0v) is 13.4. The number of amides is 1. The number of rotatable bonds is 3. The topological polar surface area (TPSA) is 44.4 Å². The van der Waals surface area contributed by atoms with Gasteiger partial charge >= 0.3 is 0 Å². The lowest BCUT2D eigenvalue weighted by molar-refractivity contribution is -0.112. The van der Waals surface area contributed by atoms with Crippen LogP contribution in [0.2, 0.25) is 5.02 Å². The molecule has 0 fully saturated rings. The number of thiocarbonyl (C=S) groups is 1. The molecule has 1 unspecified atom stereocenters. The van der Waals surface area contributed by atoms with E-state index in [-0.39, 0.29) is 0 Å². The molecule has 0 aliphatic carbocycles. The van der Waals surface area contributed by atoms with Crippen LogP contribution in [0.1, 0.15) is 11.1 Å². The molecule has 2 aromatic carbocycles. The predicted octanol–water partition coefficient (Wildman–Crippen LogP) is 2.93. The minimum atomic E-state index is -0.897. The number of benzene rings is 2. The molecule has 22 heavy (non-hydrogen) atoms. The predicted molar refractivity (Wildman–Crippen MR) is 91.9 cm³/mol. The quantitative estimate of drug-likeness (QED) is 0.670. The zero-order valence-electron chi connectivity index (χ0n) is 11.8. The van der Waals surface area contributed by atoms with Crippen LogP contribution in [0.3, 0.4) is 0 Å². The van der Waals surface area contributed by atoms with Crippen LogP contribution in [0.25, 0.3) is 0 Å². The highest BCUT2D eigenvalue weighted by Crippen LogP contribution is 2.41. The van der Waals surface area contributed by atoms with Crippen molar-refractivity contribution >= 4 is 41.0 Å². The molecule has 1 aliphatic rings. The first kappa shape index (κ1) is 14.8. The maximum Gasteiger partial charge on any atom is 0.209 e. The number of carbonyl (C=O) groups excluding carboxylic acids is 1. The Morgan fingerprint density at radius 2 is 2.00 bits per heavy atom. The molecule has 1 amide bonds. The van der Waals surface area contributed by atoms with Crippen molar-refractivity contribution in [2.75, 3.05) is 12.4 Å². The Morgan fingerprint density at radius 3 is 2.68 bits per heavy atom. The molecule has 0 radical (unpaired) electrons. The van der Waals surface area contributed by atoms with E-state index in [9.17, 15) is 4.79 Å². The first-order valence-corrected chi connectivity index (χ1v) is 7.50. The molecule has 0 spiro atoms. The van der Waals surface area contributed by atoms with Gasteiger partial charge in [-0.05, 0) is 30.4 Å². The standard InChI is InChI=1S/C16H14ClN3OS/c1-20-15(22)19-14-8-7-12(17)9-13(14)16(20,18-10-21)11-5-3-2-4-6-11/h2-10H,1H3,(H,18,21)(H,19,22). The number of nitrogens with one attached hydrogen (secondary N) is 2. The molecular weight excluding hydrogens is 318 g/mol. The number of hydrogen-bond donors (Lipinski definition) is 2. The van der Waals surface area contributed by atoms with E-state index in [2.05, 4.69) is 10.6 Å². The van der Waals surface area contributed by atoms with Crippen LogP contribution in [0, 0.1) is 0 Å². The molecule has 0 bridgehead atoms. The highest BCUT2D eigenvalue weighted by atomic mass is 35.5. The van der Waals surface area contributed by atoms with E-state index in [0.29, 0.717) is 16.5 Å². The van der Waals surface area contributed by atoms with Gasteiger partial charge in [-0.1, -0.05) is 41.9 Å². The molecule has 112 valence electrons. The van der Waals surface area contributed by atoms with E-state index in [1.54, 1.807) is 6.07 Å². The van der Waals surface area contributed by atoms with Gasteiger partial charge < -0.3 is 15.5 Å². The number of halogens is 1. The Balaban J connectivity index is 2.34. The van der Waals surface area contributed by atoms with Gasteiger partial charge in [-0.3, -0.25) is 4.79 Å². The molecule has 1 heterocycles. The second kappa shape index (κ2) is 5.59. The smallest absolute Gasteiger partial charge is 0.209 e. The van der Waals surface area contributed by atoms with E-state index >= 15 is 0 Å². The third-order valence-electron chi connectivity index (χ3n) is 3.88. The molecule has 3 rings (SSSR count). The third kappa shape index (κ3) is 2.14. The highest BCUT2D eigenvalue weighted by molar-refractivity contribution is 7.80. The second-order valence-electron chi connectivity index (χ2n) is 5.02. The summed E-state index contributed by atoms with van der Waals surface area (Å²) in [4.78, 5) is 13.2. The van der Waals surface area contributed by atoms with Gasteiger partial charge in [0.1, 0.15) is 0 Å². The molecule has 0 saturated heterocycles. The molecule has 2 N–H and O–H groups in total. The zero-order chi connectivity index (χ0) is 15.7. The summed E-state index contributed by atoms with van der Waals surface area (Å²) in [5, 5.41) is 7.21. The maximum absolute atomic E-state index is 11.4. The van der Waals surface area contributed by atoms with Crippen LogP contribution in [0.15, 0.2) is 48.5 Å². The fourth-order valence-corrected chi connectivity index (χ4v) is 3.25. The summed E-state index contributed by atoms with van der Waals surface area (Å²) in [6.45, 7) is 0. The van der Waals surface area contributed by atoms with E-state index < -0.39 is 5.66 Å². The molecule has 1 aliphatic heterocycles. The summed E-state index contributed by atoms with van der Waals surface area (Å²) in [5.41, 5.74) is 1.67. The second-order valence-corrected chi connectivity index (χ2v) is 5.84. The van der Waals surface area contributed by atoms with Crippen molar-refractivity contribution in [1.29, 1.82) is 0 Å². The minimum Gasteiger partial charge on any atom is -0.332 e. The Kier molecular flexibility index (Phi) is 3.76. The largest absolute Gasteiger partial charge is 0.332 e. The van der Waals surface area contributed by atoms with Gasteiger partial charge in [0.2, 0.25) is 6.41 Å². The van der Waals surface area contributed by atoms with E-state index in [1.807, 2.05) is 54.4 Å². The lowest BCUT2D eigenvalue weighted by atomic mass is 9.87. The monoisotopic (exact) mass is 331 g/mol. The fraction of sp³-hybridized carbons (Fsp3) is 0.125. The molecule has 0 aromatic heterocycles. The third-order valence-corrected chi connectivity index (χ3v) is 4.49. The molecule has 4 nitrogen and oxygen atoms in total. The van der Waals surface area contributed by atoms with Gasteiger partial charge in [-0.15, -0.1) is 0 Å². The maximum atomic E-state index is 11.4. The van der Waals surface area contributed by atoms with Gasteiger partial charge in [0.15, 0.2) is 10.8 Å². The van der Waals surface area contributed by atoms with Gasteiger partial charge in [0.05, 0.1) is 0 Å². The van der Waals surface area contributed by atoms with Crippen molar-refractivity contribution in [3.63, 3.8) is 0 Å². The molecular formula is C16H14ClN3OS. The molecule has 0 saturated carbocycles. The average Bonchev–Trinajstić information content (AvgIpc) is 2.53. The van der Waals surface area contributed by atoms with Gasteiger partial charge in [0.25, 0.3) is 0 Å². The first-order valence-electron chi connectivity index (χ1n) is 6.71. The van der Waals surface area contributed by atoms with Crippen molar-refractivity contribution in [3.05, 3.63) is 64.7 Å². The first-order chi connectivity index (χ1) is 10.6. The number of carbonyl (C=O) groups is 1. The SMILES string of the molecule is CN1C(=S)Nc2ccc(Cl)cc2C1(NC=O)c1ccccc1. The summed E-state index contributed by atoms with van der Waals surface area (Å²) >= 11 is 11.6. The number of nitrogens with zero attached hydrogens (tertiary/aromatic N) is 1. The normalized spacial score (nSPS) is 20.1. The van der Waals surface area contributed by atoms with Gasteiger partial charge in [-0.2, -0.15) is 0 Å². The van der Waals surface area contributed by atoms with Crippen molar-refractivity contribution in [2.45, 2.75) is 5.66 Å².